The van der Waals surface area contributed by atoms with Gasteiger partial charge in [0.15, 0.2) is 23.0 Å². The maximum atomic E-state index is 12.7. The van der Waals surface area contributed by atoms with Crippen LogP contribution in [0.3, 0.4) is 0 Å². The number of fused-ring (bicyclic) bond motifs is 1. The van der Waals surface area contributed by atoms with Crippen LogP contribution in [0.4, 0.5) is 13.2 Å². The quantitative estimate of drug-likeness (QED) is 0.639. The minimum Gasteiger partial charge on any atom is -0.493 e. The lowest BCUT2D eigenvalue weighted by molar-refractivity contribution is -0.275. The van der Waals surface area contributed by atoms with Gasteiger partial charge in [0.2, 0.25) is 5.91 Å². The van der Waals surface area contributed by atoms with Crippen LogP contribution < -0.4 is 14.2 Å². The SMILES string of the molecule is COc1cc(C2CC(=O)N=Cc3[nH]ncc32)ccc1Oc1ccccc1OC(F)(F)F. The van der Waals surface area contributed by atoms with E-state index in [1.165, 1.54) is 31.5 Å². The lowest BCUT2D eigenvalue weighted by Gasteiger charge is -2.18. The Labute approximate surface area is 174 Å². The Kier molecular flexibility index (Phi) is 5.37. The minimum atomic E-state index is -4.86. The van der Waals surface area contributed by atoms with Crippen LogP contribution >= 0.6 is 0 Å². The molecule has 0 radical (unpaired) electrons. The number of methoxy groups -OCH3 is 1. The van der Waals surface area contributed by atoms with Gasteiger partial charge in [-0.15, -0.1) is 13.2 Å². The molecule has 2 heterocycles. The minimum absolute atomic E-state index is 0.124. The van der Waals surface area contributed by atoms with Crippen LogP contribution in [0, 0.1) is 0 Å². The van der Waals surface area contributed by atoms with Crippen molar-refractivity contribution in [1.82, 2.24) is 10.2 Å². The second-order valence-electron chi connectivity index (χ2n) is 6.65. The summed E-state index contributed by atoms with van der Waals surface area (Å²) in [4.78, 5) is 15.9. The lowest BCUT2D eigenvalue weighted by Crippen LogP contribution is -2.17. The molecule has 0 saturated carbocycles. The maximum absolute atomic E-state index is 12.7. The summed E-state index contributed by atoms with van der Waals surface area (Å²) in [7, 11) is 1.41. The number of aromatic nitrogens is 2. The van der Waals surface area contributed by atoms with Crippen molar-refractivity contribution < 1.29 is 32.2 Å². The van der Waals surface area contributed by atoms with Gasteiger partial charge < -0.3 is 14.2 Å². The van der Waals surface area contributed by atoms with Gasteiger partial charge in [0.05, 0.1) is 25.2 Å². The van der Waals surface area contributed by atoms with E-state index in [-0.39, 0.29) is 35.5 Å². The molecule has 1 aromatic heterocycles. The number of benzene rings is 2. The molecule has 1 amide bonds. The Bertz CT molecular complexity index is 1140. The van der Waals surface area contributed by atoms with Gasteiger partial charge in [-0.1, -0.05) is 18.2 Å². The number of nitrogens with zero attached hydrogens (tertiary/aromatic N) is 2. The number of hydrogen-bond donors (Lipinski definition) is 1. The van der Waals surface area contributed by atoms with Crippen LogP contribution in [0.5, 0.6) is 23.0 Å². The number of halogens is 3. The molecular weight excluding hydrogens is 415 g/mol. The second-order valence-corrected chi connectivity index (χ2v) is 6.65. The average molecular weight is 431 g/mol. The number of hydrogen-bond acceptors (Lipinski definition) is 5. The van der Waals surface area contributed by atoms with Gasteiger partial charge in [-0.25, -0.2) is 4.99 Å². The zero-order chi connectivity index (χ0) is 22.0. The van der Waals surface area contributed by atoms with E-state index in [1.807, 2.05) is 0 Å². The number of carbonyl (C=O) groups excluding carboxylic acids is 1. The number of alkyl halides is 3. The molecule has 0 spiro atoms. The van der Waals surface area contributed by atoms with Crippen molar-refractivity contribution in [3.05, 3.63) is 65.5 Å². The summed E-state index contributed by atoms with van der Waals surface area (Å²) < 4.78 is 53.1. The molecular formula is C21H16F3N3O4. The summed E-state index contributed by atoms with van der Waals surface area (Å²) >= 11 is 0. The van der Waals surface area contributed by atoms with Crippen molar-refractivity contribution in [3.63, 3.8) is 0 Å². The smallest absolute Gasteiger partial charge is 0.493 e. The molecule has 1 aliphatic rings. The van der Waals surface area contributed by atoms with Crippen LogP contribution in [-0.2, 0) is 4.79 Å². The Morgan fingerprint density at radius 3 is 2.55 bits per heavy atom. The first-order valence-electron chi connectivity index (χ1n) is 9.15. The van der Waals surface area contributed by atoms with Gasteiger partial charge in [0.25, 0.3) is 0 Å². The van der Waals surface area contributed by atoms with E-state index in [1.54, 1.807) is 24.4 Å². The van der Waals surface area contributed by atoms with E-state index < -0.39 is 12.1 Å². The number of carbonyl (C=O) groups is 1. The van der Waals surface area contributed by atoms with Crippen molar-refractivity contribution in [1.29, 1.82) is 0 Å². The summed E-state index contributed by atoms with van der Waals surface area (Å²) in [6.07, 6.45) is -1.65. The predicted molar refractivity (Wildman–Crippen MR) is 104 cm³/mol. The summed E-state index contributed by atoms with van der Waals surface area (Å²) in [6.45, 7) is 0. The molecule has 1 N–H and O–H groups in total. The Hall–Kier alpha value is -3.82. The largest absolute Gasteiger partial charge is 0.573 e. The molecule has 31 heavy (non-hydrogen) atoms. The molecule has 0 aliphatic carbocycles. The van der Waals surface area contributed by atoms with E-state index >= 15 is 0 Å². The summed E-state index contributed by atoms with van der Waals surface area (Å²) in [6, 6.07) is 10.4. The number of aromatic amines is 1. The third kappa shape index (κ3) is 4.52. The molecule has 0 bridgehead atoms. The highest BCUT2D eigenvalue weighted by molar-refractivity contribution is 5.94. The molecule has 0 fully saturated rings. The summed E-state index contributed by atoms with van der Waals surface area (Å²) in [5.74, 6) is -0.744. The fraction of sp³-hybridized carbons (Fsp3) is 0.190. The van der Waals surface area contributed by atoms with Gasteiger partial charge in [-0.2, -0.15) is 5.10 Å². The fourth-order valence-electron chi connectivity index (χ4n) is 3.30. The van der Waals surface area contributed by atoms with Crippen LogP contribution in [-0.4, -0.2) is 35.8 Å². The van der Waals surface area contributed by atoms with Gasteiger partial charge in [-0.3, -0.25) is 9.89 Å². The third-order valence-electron chi connectivity index (χ3n) is 4.68. The Morgan fingerprint density at radius 1 is 1.06 bits per heavy atom. The van der Waals surface area contributed by atoms with Crippen molar-refractivity contribution in [2.45, 2.75) is 18.7 Å². The number of ether oxygens (including phenoxy) is 3. The molecule has 0 saturated heterocycles. The normalized spacial score (nSPS) is 15.9. The van der Waals surface area contributed by atoms with Crippen LogP contribution in [0.2, 0.25) is 0 Å². The number of aliphatic imine (C=N–C) groups is 1. The molecule has 1 atom stereocenters. The zero-order valence-corrected chi connectivity index (χ0v) is 16.1. The monoisotopic (exact) mass is 431 g/mol. The van der Waals surface area contributed by atoms with Gasteiger partial charge in [0, 0.05) is 17.9 Å². The number of rotatable bonds is 5. The topological polar surface area (TPSA) is 85.8 Å². The summed E-state index contributed by atoms with van der Waals surface area (Å²) in [5.41, 5.74) is 2.17. The van der Waals surface area contributed by atoms with E-state index in [2.05, 4.69) is 19.9 Å². The zero-order valence-electron chi connectivity index (χ0n) is 16.1. The number of H-pyrrole nitrogens is 1. The Morgan fingerprint density at radius 2 is 1.81 bits per heavy atom. The predicted octanol–water partition coefficient (Wildman–Crippen LogP) is 4.59. The number of amides is 1. The van der Waals surface area contributed by atoms with Gasteiger partial charge >= 0.3 is 6.36 Å². The first kappa shape index (κ1) is 20.5. The van der Waals surface area contributed by atoms with E-state index in [4.69, 9.17) is 9.47 Å². The van der Waals surface area contributed by atoms with Crippen molar-refractivity contribution in [3.8, 4) is 23.0 Å². The highest BCUT2D eigenvalue weighted by atomic mass is 19.4. The maximum Gasteiger partial charge on any atom is 0.573 e. The molecule has 1 aliphatic heterocycles. The van der Waals surface area contributed by atoms with Crippen LogP contribution in [0.1, 0.15) is 29.2 Å². The highest BCUT2D eigenvalue weighted by Crippen LogP contribution is 2.41. The number of para-hydroxylation sites is 2. The fourth-order valence-corrected chi connectivity index (χ4v) is 3.30. The van der Waals surface area contributed by atoms with E-state index in [9.17, 15) is 18.0 Å². The highest BCUT2D eigenvalue weighted by Gasteiger charge is 2.32. The average Bonchev–Trinajstić information content (AvgIpc) is 3.13. The molecule has 1 unspecified atom stereocenters. The van der Waals surface area contributed by atoms with Crippen molar-refractivity contribution >= 4 is 12.1 Å². The Balaban J connectivity index is 1.66. The van der Waals surface area contributed by atoms with E-state index in [0.29, 0.717) is 5.69 Å². The molecule has 7 nitrogen and oxygen atoms in total. The van der Waals surface area contributed by atoms with Crippen LogP contribution in [0.25, 0.3) is 0 Å². The summed E-state index contributed by atoms with van der Waals surface area (Å²) in [5, 5.41) is 6.81. The van der Waals surface area contributed by atoms with E-state index in [0.717, 1.165) is 17.2 Å². The molecule has 10 heteroatoms. The van der Waals surface area contributed by atoms with Crippen molar-refractivity contribution in [2.24, 2.45) is 4.99 Å². The molecule has 160 valence electrons. The molecule has 3 aromatic rings. The molecule has 2 aromatic carbocycles. The lowest BCUT2D eigenvalue weighted by atomic mass is 9.89. The van der Waals surface area contributed by atoms with Crippen LogP contribution in [0.15, 0.2) is 53.7 Å². The number of nitrogens with one attached hydrogen (secondary N) is 1. The van der Waals surface area contributed by atoms with Gasteiger partial charge in [-0.05, 0) is 29.8 Å². The van der Waals surface area contributed by atoms with Gasteiger partial charge in [0.1, 0.15) is 0 Å². The van der Waals surface area contributed by atoms with Crippen molar-refractivity contribution in [2.75, 3.05) is 7.11 Å². The molecule has 4 rings (SSSR count). The first-order valence-corrected chi connectivity index (χ1v) is 9.15. The third-order valence-corrected chi connectivity index (χ3v) is 4.68. The second kappa shape index (κ2) is 8.13. The first-order chi connectivity index (χ1) is 14.8. The standard InChI is InChI=1S/C21H16F3N3O4/c1-29-19-8-12(13-9-20(28)25-11-15-14(13)10-26-27-15)6-7-17(19)30-16-4-2-3-5-18(16)31-21(22,23)24/h2-8,10-11,13H,9H2,1H3,(H,26,27).